The molecular weight excluding hydrogens is 194 g/mol. The summed E-state index contributed by atoms with van der Waals surface area (Å²) in [6.45, 7) is 5.23. The van der Waals surface area contributed by atoms with Crippen molar-refractivity contribution in [3.8, 4) is 0 Å². The van der Waals surface area contributed by atoms with Crippen LogP contribution >= 0.6 is 11.3 Å². The van der Waals surface area contributed by atoms with E-state index < -0.39 is 0 Å². The molecule has 2 nitrogen and oxygen atoms in total. The molecule has 0 spiro atoms. The predicted molar refractivity (Wildman–Crippen MR) is 59.7 cm³/mol. The highest BCUT2D eigenvalue weighted by molar-refractivity contribution is 7.10. The molecule has 1 aliphatic heterocycles. The Balaban J connectivity index is 2.02. The highest BCUT2D eigenvalue weighted by atomic mass is 32.1. The van der Waals surface area contributed by atoms with Gasteiger partial charge in [0.1, 0.15) is 6.10 Å². The van der Waals surface area contributed by atoms with E-state index in [0.717, 1.165) is 13.0 Å². The van der Waals surface area contributed by atoms with E-state index >= 15 is 0 Å². The summed E-state index contributed by atoms with van der Waals surface area (Å²) < 4.78 is 5.89. The van der Waals surface area contributed by atoms with Crippen LogP contribution in [0.1, 0.15) is 31.2 Å². The maximum atomic E-state index is 5.89. The van der Waals surface area contributed by atoms with Gasteiger partial charge in [0, 0.05) is 17.0 Å². The zero-order chi connectivity index (χ0) is 9.97. The van der Waals surface area contributed by atoms with Crippen molar-refractivity contribution in [2.24, 2.45) is 0 Å². The second kappa shape index (κ2) is 4.43. The Morgan fingerprint density at radius 3 is 3.07 bits per heavy atom. The van der Waals surface area contributed by atoms with E-state index in [0.29, 0.717) is 12.1 Å². The van der Waals surface area contributed by atoms with Crippen LogP contribution in [0.5, 0.6) is 0 Å². The fourth-order valence-electron chi connectivity index (χ4n) is 1.89. The van der Waals surface area contributed by atoms with Gasteiger partial charge in [-0.05, 0) is 24.8 Å². The van der Waals surface area contributed by atoms with E-state index in [9.17, 15) is 0 Å². The summed E-state index contributed by atoms with van der Waals surface area (Å²) in [6.07, 6.45) is 1.39. The summed E-state index contributed by atoms with van der Waals surface area (Å²) in [6, 6.07) is 5.19. The molecule has 2 heterocycles. The van der Waals surface area contributed by atoms with Gasteiger partial charge >= 0.3 is 0 Å². The van der Waals surface area contributed by atoms with Crippen LogP contribution < -0.4 is 5.32 Å². The average Bonchev–Trinajstić information content (AvgIpc) is 2.70. The maximum absolute atomic E-state index is 5.89. The summed E-state index contributed by atoms with van der Waals surface area (Å²) in [5.41, 5.74) is 0. The first kappa shape index (κ1) is 10.1. The fourth-order valence-corrected chi connectivity index (χ4v) is 2.77. The second-order valence-corrected chi connectivity index (χ2v) is 4.81. The third-order valence-corrected chi connectivity index (χ3v) is 3.68. The van der Waals surface area contributed by atoms with Crippen LogP contribution in [0.15, 0.2) is 17.5 Å². The van der Waals surface area contributed by atoms with E-state index in [1.807, 2.05) is 0 Å². The highest BCUT2D eigenvalue weighted by Gasteiger charge is 2.28. The summed E-state index contributed by atoms with van der Waals surface area (Å²) in [4.78, 5) is 1.33. The topological polar surface area (TPSA) is 21.3 Å². The van der Waals surface area contributed by atoms with Gasteiger partial charge in [0.2, 0.25) is 0 Å². The minimum Gasteiger partial charge on any atom is -0.369 e. The van der Waals surface area contributed by atoms with Crippen molar-refractivity contribution in [3.63, 3.8) is 0 Å². The normalized spacial score (nSPS) is 33.1. The SMILES string of the molecule is CCC1COC(c2cccs2)C(C)N1. The third-order valence-electron chi connectivity index (χ3n) is 2.75. The molecule has 1 aromatic rings. The molecule has 0 amide bonds. The van der Waals surface area contributed by atoms with Gasteiger partial charge in [-0.1, -0.05) is 13.0 Å². The number of thiophene rings is 1. The zero-order valence-corrected chi connectivity index (χ0v) is 9.51. The molecule has 1 aliphatic rings. The Bertz CT molecular complexity index is 273. The number of morpholine rings is 1. The fraction of sp³-hybridized carbons (Fsp3) is 0.636. The Kier molecular flexibility index (Phi) is 3.21. The first-order chi connectivity index (χ1) is 6.81. The molecule has 0 aromatic carbocycles. The van der Waals surface area contributed by atoms with Gasteiger partial charge in [-0.3, -0.25) is 0 Å². The van der Waals surface area contributed by atoms with Crippen LogP contribution in [0.4, 0.5) is 0 Å². The van der Waals surface area contributed by atoms with Crippen LogP contribution in [0.3, 0.4) is 0 Å². The van der Waals surface area contributed by atoms with E-state index in [4.69, 9.17) is 4.74 Å². The average molecular weight is 211 g/mol. The van der Waals surface area contributed by atoms with Crippen molar-refractivity contribution in [1.82, 2.24) is 5.32 Å². The zero-order valence-electron chi connectivity index (χ0n) is 8.69. The number of hydrogen-bond donors (Lipinski definition) is 1. The van der Waals surface area contributed by atoms with Crippen LogP contribution in [0.25, 0.3) is 0 Å². The molecule has 1 saturated heterocycles. The minimum absolute atomic E-state index is 0.248. The number of nitrogens with one attached hydrogen (secondary N) is 1. The van der Waals surface area contributed by atoms with Crippen molar-refractivity contribution in [1.29, 1.82) is 0 Å². The molecule has 3 unspecified atom stereocenters. The molecule has 1 N–H and O–H groups in total. The lowest BCUT2D eigenvalue weighted by atomic mass is 10.1. The Hall–Kier alpha value is -0.380. The van der Waals surface area contributed by atoms with Crippen molar-refractivity contribution < 1.29 is 4.74 Å². The van der Waals surface area contributed by atoms with E-state index in [1.54, 1.807) is 11.3 Å². The van der Waals surface area contributed by atoms with Gasteiger partial charge in [0.25, 0.3) is 0 Å². The molecule has 0 saturated carbocycles. The Morgan fingerprint density at radius 1 is 1.64 bits per heavy atom. The van der Waals surface area contributed by atoms with Crippen LogP contribution in [-0.4, -0.2) is 18.7 Å². The van der Waals surface area contributed by atoms with E-state index in [1.165, 1.54) is 4.88 Å². The summed E-state index contributed by atoms with van der Waals surface area (Å²) in [5.74, 6) is 0. The molecule has 2 rings (SSSR count). The van der Waals surface area contributed by atoms with Crippen LogP contribution in [-0.2, 0) is 4.74 Å². The minimum atomic E-state index is 0.248. The van der Waals surface area contributed by atoms with Gasteiger partial charge in [0.15, 0.2) is 0 Å². The van der Waals surface area contributed by atoms with Gasteiger partial charge in [0.05, 0.1) is 6.61 Å². The predicted octanol–water partition coefficient (Wildman–Crippen LogP) is 2.58. The monoisotopic (exact) mass is 211 g/mol. The van der Waals surface area contributed by atoms with Gasteiger partial charge < -0.3 is 10.1 Å². The molecular formula is C11H17NOS. The molecule has 3 heteroatoms. The van der Waals surface area contributed by atoms with Crippen molar-refractivity contribution in [3.05, 3.63) is 22.4 Å². The van der Waals surface area contributed by atoms with Crippen molar-refractivity contribution in [2.45, 2.75) is 38.5 Å². The van der Waals surface area contributed by atoms with Gasteiger partial charge in [-0.2, -0.15) is 0 Å². The third kappa shape index (κ3) is 2.00. The van der Waals surface area contributed by atoms with Gasteiger partial charge in [-0.25, -0.2) is 0 Å². The second-order valence-electron chi connectivity index (χ2n) is 3.83. The van der Waals surface area contributed by atoms with Gasteiger partial charge in [-0.15, -0.1) is 11.3 Å². The van der Waals surface area contributed by atoms with E-state index in [2.05, 4.69) is 36.7 Å². The van der Waals surface area contributed by atoms with Crippen LogP contribution in [0, 0.1) is 0 Å². The summed E-state index contributed by atoms with van der Waals surface area (Å²) in [5, 5.41) is 5.69. The number of hydrogen-bond acceptors (Lipinski definition) is 3. The largest absolute Gasteiger partial charge is 0.369 e. The van der Waals surface area contributed by atoms with Crippen molar-refractivity contribution in [2.75, 3.05) is 6.61 Å². The number of rotatable bonds is 2. The first-order valence-corrected chi connectivity index (χ1v) is 6.10. The Labute approximate surface area is 89.3 Å². The quantitative estimate of drug-likeness (QED) is 0.812. The highest BCUT2D eigenvalue weighted by Crippen LogP contribution is 2.28. The standard InChI is InChI=1S/C11H17NOS/c1-3-9-7-13-11(8(2)12-9)10-5-4-6-14-10/h4-6,8-9,11-12H,3,7H2,1-2H3. The lowest BCUT2D eigenvalue weighted by Crippen LogP contribution is -2.48. The van der Waals surface area contributed by atoms with Crippen LogP contribution in [0.2, 0.25) is 0 Å². The molecule has 0 aliphatic carbocycles. The summed E-state index contributed by atoms with van der Waals surface area (Å²) >= 11 is 1.78. The maximum Gasteiger partial charge on any atom is 0.107 e. The Morgan fingerprint density at radius 2 is 2.50 bits per heavy atom. The smallest absolute Gasteiger partial charge is 0.107 e. The lowest BCUT2D eigenvalue weighted by Gasteiger charge is -2.35. The molecule has 0 bridgehead atoms. The molecule has 1 fully saturated rings. The number of ether oxygens (including phenoxy) is 1. The first-order valence-electron chi connectivity index (χ1n) is 5.22. The molecule has 0 radical (unpaired) electrons. The summed E-state index contributed by atoms with van der Waals surface area (Å²) in [7, 11) is 0. The molecule has 78 valence electrons. The van der Waals surface area contributed by atoms with Crippen molar-refractivity contribution >= 4 is 11.3 Å². The lowest BCUT2D eigenvalue weighted by molar-refractivity contribution is -0.0232. The molecule has 14 heavy (non-hydrogen) atoms. The molecule has 1 aromatic heterocycles. The van der Waals surface area contributed by atoms with E-state index in [-0.39, 0.29) is 6.10 Å². The molecule has 3 atom stereocenters.